The van der Waals surface area contributed by atoms with Crippen LogP contribution >= 0.6 is 0 Å². The van der Waals surface area contributed by atoms with E-state index >= 15 is 0 Å². The second-order valence-electron chi connectivity index (χ2n) is 11.1. The van der Waals surface area contributed by atoms with Gasteiger partial charge in [-0.15, -0.1) is 0 Å². The molecule has 0 N–H and O–H groups in total. The average molecular weight is 563 g/mol. The van der Waals surface area contributed by atoms with E-state index in [2.05, 4.69) is 19.9 Å². The molecule has 5 aromatic rings. The Morgan fingerprint density at radius 1 is 0.714 bits per heavy atom. The lowest BCUT2D eigenvalue weighted by Crippen LogP contribution is -2.35. The lowest BCUT2D eigenvalue weighted by molar-refractivity contribution is 0.163. The maximum Gasteiger partial charge on any atom is 0.178 e. The van der Waals surface area contributed by atoms with Crippen molar-refractivity contribution in [2.75, 3.05) is 7.11 Å². The number of benzene rings is 5. The molecule has 1 aliphatic heterocycles. The molecule has 5 aromatic carbocycles. The van der Waals surface area contributed by atoms with E-state index < -0.39 is 11.0 Å². The van der Waals surface area contributed by atoms with Crippen molar-refractivity contribution in [3.8, 4) is 22.6 Å². The van der Waals surface area contributed by atoms with Crippen LogP contribution in [-0.4, -0.2) is 7.11 Å². The van der Waals surface area contributed by atoms with Crippen LogP contribution < -0.4 is 9.47 Å². The van der Waals surface area contributed by atoms with E-state index in [0.29, 0.717) is 16.9 Å². The molecule has 0 saturated carbocycles. The van der Waals surface area contributed by atoms with Gasteiger partial charge in [0.25, 0.3) is 0 Å². The van der Waals surface area contributed by atoms with E-state index in [1.165, 1.54) is 30.3 Å². The predicted octanol–water partition coefficient (Wildman–Crippen LogP) is 9.70. The van der Waals surface area contributed by atoms with Crippen molar-refractivity contribution >= 4 is 16.8 Å². The number of hydrogen-bond acceptors (Lipinski definition) is 2. The van der Waals surface area contributed by atoms with E-state index in [4.69, 9.17) is 9.47 Å². The highest BCUT2D eigenvalue weighted by Crippen LogP contribution is 2.60. The van der Waals surface area contributed by atoms with Crippen LogP contribution in [0.1, 0.15) is 54.5 Å². The van der Waals surface area contributed by atoms with Crippen LogP contribution in [0.25, 0.3) is 28.0 Å². The highest BCUT2D eigenvalue weighted by molar-refractivity contribution is 6.08. The zero-order valence-electron chi connectivity index (χ0n) is 23.6. The first-order valence-corrected chi connectivity index (χ1v) is 14.2. The summed E-state index contributed by atoms with van der Waals surface area (Å²) in [6, 6.07) is 23.6. The van der Waals surface area contributed by atoms with Crippen LogP contribution in [0.3, 0.4) is 0 Å². The molecule has 1 heterocycles. The molecule has 1 unspecified atom stereocenters. The fourth-order valence-corrected chi connectivity index (χ4v) is 7.15. The molecule has 1 atom stereocenters. The monoisotopic (exact) mass is 562 g/mol. The lowest BCUT2D eigenvalue weighted by Gasteiger charge is -2.39. The predicted molar refractivity (Wildman–Crippen MR) is 160 cm³/mol. The third-order valence-corrected chi connectivity index (χ3v) is 9.25. The van der Waals surface area contributed by atoms with Gasteiger partial charge in [0.15, 0.2) is 5.60 Å². The minimum Gasteiger partial charge on any atom is -0.497 e. The summed E-state index contributed by atoms with van der Waals surface area (Å²) in [5.41, 5.74) is 4.79. The number of fused-ring (bicyclic) bond motifs is 8. The van der Waals surface area contributed by atoms with Gasteiger partial charge in [0.2, 0.25) is 0 Å². The SMILES string of the molecule is CCC1(CC)c2cc(F)ccc2-c2c1c1c(c3cc(F)ccc23)OC(c2ccc(F)cc2)(c2ccc(OC)cc2)C=C1. The topological polar surface area (TPSA) is 18.5 Å². The fourth-order valence-electron chi connectivity index (χ4n) is 7.15. The molecular weight excluding hydrogens is 533 g/mol. The zero-order valence-corrected chi connectivity index (χ0v) is 23.6. The van der Waals surface area contributed by atoms with Gasteiger partial charge in [-0.1, -0.05) is 56.3 Å². The smallest absolute Gasteiger partial charge is 0.178 e. The van der Waals surface area contributed by atoms with E-state index in [-0.39, 0.29) is 17.5 Å². The highest BCUT2D eigenvalue weighted by atomic mass is 19.1. The van der Waals surface area contributed by atoms with E-state index in [9.17, 15) is 13.2 Å². The van der Waals surface area contributed by atoms with Crippen LogP contribution in [0.15, 0.2) is 91.0 Å². The van der Waals surface area contributed by atoms with Crippen LogP contribution in [0.4, 0.5) is 13.2 Å². The van der Waals surface area contributed by atoms with Gasteiger partial charge >= 0.3 is 0 Å². The molecule has 0 aromatic heterocycles. The third-order valence-electron chi connectivity index (χ3n) is 9.25. The molecule has 42 heavy (non-hydrogen) atoms. The summed E-state index contributed by atoms with van der Waals surface area (Å²) in [7, 11) is 1.61. The summed E-state index contributed by atoms with van der Waals surface area (Å²) in [6.07, 6.45) is 5.55. The number of methoxy groups -OCH3 is 1. The first-order valence-electron chi connectivity index (χ1n) is 14.2. The van der Waals surface area contributed by atoms with E-state index in [0.717, 1.165) is 57.2 Å². The normalized spacial score (nSPS) is 17.9. The maximum atomic E-state index is 15.0. The summed E-state index contributed by atoms with van der Waals surface area (Å²) >= 11 is 0. The summed E-state index contributed by atoms with van der Waals surface area (Å²) in [5.74, 6) is 0.229. The average Bonchev–Trinajstić information content (AvgIpc) is 3.31. The second kappa shape index (κ2) is 9.52. The molecule has 7 rings (SSSR count). The number of halogens is 3. The van der Waals surface area contributed by atoms with Crippen molar-refractivity contribution in [1.82, 2.24) is 0 Å². The molecule has 0 spiro atoms. The van der Waals surface area contributed by atoms with Crippen molar-refractivity contribution in [3.05, 3.63) is 136 Å². The standard InChI is InChI=1S/C37H29F3O2/c1-4-36(5-2)32-21-26(40)13-17-29(32)33-28-16-12-25(39)20-31(28)35-30(34(33)36)18-19-37(42-35,22-6-10-24(38)11-7-22)23-8-14-27(41-3)15-9-23/h6-21H,4-5H2,1-3H3. The van der Waals surface area contributed by atoms with Gasteiger partial charge in [-0.3, -0.25) is 0 Å². The third kappa shape index (κ3) is 3.59. The van der Waals surface area contributed by atoms with Crippen molar-refractivity contribution in [1.29, 1.82) is 0 Å². The van der Waals surface area contributed by atoms with Gasteiger partial charge in [-0.05, 0) is 95.1 Å². The van der Waals surface area contributed by atoms with Crippen LogP contribution in [-0.2, 0) is 11.0 Å². The van der Waals surface area contributed by atoms with E-state index in [1.807, 2.05) is 36.4 Å². The summed E-state index contributed by atoms with van der Waals surface area (Å²) in [6.45, 7) is 4.25. The Balaban J connectivity index is 1.58. The number of hydrogen-bond donors (Lipinski definition) is 0. The quantitative estimate of drug-likeness (QED) is 0.212. The lowest BCUT2D eigenvalue weighted by atomic mass is 9.71. The van der Waals surface area contributed by atoms with Gasteiger partial charge in [0.05, 0.1) is 7.11 Å². The molecule has 5 heteroatoms. The van der Waals surface area contributed by atoms with Gasteiger partial charge in [-0.25, -0.2) is 13.2 Å². The Kier molecular flexibility index (Phi) is 5.98. The molecule has 0 saturated heterocycles. The van der Waals surface area contributed by atoms with Gasteiger partial charge < -0.3 is 9.47 Å². The van der Waals surface area contributed by atoms with Gasteiger partial charge in [0, 0.05) is 27.5 Å². The van der Waals surface area contributed by atoms with E-state index in [1.54, 1.807) is 31.4 Å². The van der Waals surface area contributed by atoms with Crippen molar-refractivity contribution < 1.29 is 22.6 Å². The zero-order chi connectivity index (χ0) is 29.2. The fraction of sp³-hybridized carbons (Fsp3) is 0.189. The number of ether oxygens (including phenoxy) is 2. The van der Waals surface area contributed by atoms with Crippen molar-refractivity contribution in [3.63, 3.8) is 0 Å². The van der Waals surface area contributed by atoms with Crippen LogP contribution in [0, 0.1) is 17.5 Å². The van der Waals surface area contributed by atoms with Crippen LogP contribution in [0.5, 0.6) is 11.5 Å². The maximum absolute atomic E-state index is 15.0. The van der Waals surface area contributed by atoms with Gasteiger partial charge in [-0.2, -0.15) is 0 Å². The molecule has 210 valence electrons. The molecule has 0 fully saturated rings. The molecule has 1 aliphatic carbocycles. The summed E-state index contributed by atoms with van der Waals surface area (Å²) < 4.78 is 56.3. The van der Waals surface area contributed by atoms with Gasteiger partial charge in [0.1, 0.15) is 29.0 Å². The summed E-state index contributed by atoms with van der Waals surface area (Å²) in [5, 5.41) is 1.48. The number of rotatable bonds is 5. The molecule has 2 aliphatic rings. The molecule has 0 amide bonds. The Bertz CT molecular complexity index is 1890. The first-order chi connectivity index (χ1) is 20.3. The summed E-state index contributed by atoms with van der Waals surface area (Å²) in [4.78, 5) is 0. The van der Waals surface area contributed by atoms with Crippen molar-refractivity contribution in [2.24, 2.45) is 0 Å². The minimum atomic E-state index is -1.13. The Morgan fingerprint density at radius 2 is 1.33 bits per heavy atom. The van der Waals surface area contributed by atoms with Crippen molar-refractivity contribution in [2.45, 2.75) is 37.7 Å². The molecule has 2 nitrogen and oxygen atoms in total. The highest BCUT2D eigenvalue weighted by Gasteiger charge is 2.47. The molecule has 0 bridgehead atoms. The molecule has 0 radical (unpaired) electrons. The first kappa shape index (κ1) is 26.4. The van der Waals surface area contributed by atoms with Crippen LogP contribution in [0.2, 0.25) is 0 Å². The Labute approximate surface area is 243 Å². The Morgan fingerprint density at radius 3 is 2.00 bits per heavy atom. The second-order valence-corrected chi connectivity index (χ2v) is 11.1. The minimum absolute atomic E-state index is 0.279. The molecular formula is C37H29F3O2. The Hall–Kier alpha value is -4.51. The largest absolute Gasteiger partial charge is 0.497 e.